The molecule has 4 heteroatoms. The van der Waals surface area contributed by atoms with Crippen molar-refractivity contribution in [2.75, 3.05) is 0 Å². The molecule has 1 aliphatic heterocycles. The Morgan fingerprint density at radius 2 is 1.58 bits per heavy atom. The smallest absolute Gasteiger partial charge is 0.271 e. The van der Waals surface area contributed by atoms with Crippen LogP contribution in [0.4, 0.5) is 0 Å². The summed E-state index contributed by atoms with van der Waals surface area (Å²) in [5.74, 6) is 0. The normalized spacial score (nSPS) is 17.5. The van der Waals surface area contributed by atoms with E-state index in [-0.39, 0.29) is 11.6 Å². The Hall–Kier alpha value is -3.50. The van der Waals surface area contributed by atoms with Gasteiger partial charge in [0.2, 0.25) is 0 Å². The van der Waals surface area contributed by atoms with Crippen molar-refractivity contribution < 1.29 is 0 Å². The van der Waals surface area contributed by atoms with Crippen LogP contribution >= 0.6 is 11.3 Å². The molecule has 0 amide bonds. The van der Waals surface area contributed by atoms with Crippen molar-refractivity contribution >= 4 is 23.1 Å². The van der Waals surface area contributed by atoms with Crippen molar-refractivity contribution in [2.24, 2.45) is 4.99 Å². The van der Waals surface area contributed by atoms with Gasteiger partial charge in [-0.2, -0.15) is 0 Å². The minimum atomic E-state index is -0.112. The lowest BCUT2D eigenvalue weighted by Crippen LogP contribution is -2.38. The summed E-state index contributed by atoms with van der Waals surface area (Å²) in [7, 11) is 0. The van der Waals surface area contributed by atoms with Gasteiger partial charge in [-0.15, -0.1) is 0 Å². The first-order valence-electron chi connectivity index (χ1n) is 10.5. The largest absolute Gasteiger partial charge is 0.272 e. The molecule has 0 spiro atoms. The number of hydrogen-bond donors (Lipinski definition) is 0. The van der Waals surface area contributed by atoms with Gasteiger partial charge in [0.05, 0.1) is 16.3 Å². The van der Waals surface area contributed by atoms with Crippen molar-refractivity contribution in [1.29, 1.82) is 0 Å². The van der Waals surface area contributed by atoms with Crippen molar-refractivity contribution in [3.8, 4) is 0 Å². The lowest BCUT2D eigenvalue weighted by atomic mass is 9.83. The molecule has 1 aliphatic carbocycles. The van der Waals surface area contributed by atoms with Gasteiger partial charge >= 0.3 is 0 Å². The second-order valence-electron chi connectivity index (χ2n) is 7.94. The topological polar surface area (TPSA) is 34.4 Å². The molecule has 1 unspecified atom stereocenters. The molecule has 0 N–H and O–H groups in total. The zero-order chi connectivity index (χ0) is 20.8. The highest BCUT2D eigenvalue weighted by Gasteiger charge is 2.32. The summed E-state index contributed by atoms with van der Waals surface area (Å²) in [6.07, 6.45) is 3.86. The van der Waals surface area contributed by atoms with Crippen molar-refractivity contribution in [3.05, 3.63) is 132 Å². The third kappa shape index (κ3) is 3.03. The van der Waals surface area contributed by atoms with E-state index in [1.54, 1.807) is 0 Å². The van der Waals surface area contributed by atoms with E-state index < -0.39 is 0 Å². The average molecular weight is 421 g/mol. The van der Waals surface area contributed by atoms with Crippen LogP contribution in [-0.2, 0) is 6.42 Å². The maximum atomic E-state index is 13.6. The van der Waals surface area contributed by atoms with Crippen LogP contribution < -0.4 is 14.9 Å². The van der Waals surface area contributed by atoms with E-state index >= 15 is 0 Å². The first-order valence-corrected chi connectivity index (χ1v) is 11.3. The zero-order valence-corrected chi connectivity index (χ0v) is 17.7. The molecule has 3 aromatic carbocycles. The van der Waals surface area contributed by atoms with Crippen LogP contribution in [0.25, 0.3) is 11.8 Å². The van der Waals surface area contributed by atoms with Crippen molar-refractivity contribution in [2.45, 2.75) is 18.9 Å². The summed E-state index contributed by atoms with van der Waals surface area (Å²) < 4.78 is 2.63. The molecule has 4 aromatic rings. The number of fused-ring (bicyclic) bond motifs is 3. The maximum absolute atomic E-state index is 13.6. The first kappa shape index (κ1) is 18.3. The number of thiazole rings is 1. The van der Waals surface area contributed by atoms with Gasteiger partial charge in [0.1, 0.15) is 0 Å². The Morgan fingerprint density at radius 1 is 0.871 bits per heavy atom. The van der Waals surface area contributed by atoms with Crippen LogP contribution in [0.1, 0.15) is 34.7 Å². The van der Waals surface area contributed by atoms with Crippen LogP contribution in [0, 0.1) is 0 Å². The third-order valence-corrected chi connectivity index (χ3v) is 7.07. The lowest BCUT2D eigenvalue weighted by Gasteiger charge is -2.30. The van der Waals surface area contributed by atoms with Gasteiger partial charge in [0.15, 0.2) is 4.80 Å². The molecule has 2 aliphatic rings. The molecule has 0 saturated heterocycles. The molecule has 1 atom stereocenters. The number of aryl methyl sites for hydroxylation is 1. The summed E-state index contributed by atoms with van der Waals surface area (Å²) in [5.41, 5.74) is 7.01. The minimum Gasteiger partial charge on any atom is -0.272 e. The van der Waals surface area contributed by atoms with Gasteiger partial charge in [-0.1, -0.05) is 96.3 Å². The SMILES string of the molecule is O=c1c(=Cc2ccccc2)sc2n1C(c1ccccc1)C1=C(N=2)c2ccccc2CC1. The maximum Gasteiger partial charge on any atom is 0.271 e. The standard InChI is InChI=1S/C27H20N2OS/c30-26-23(17-18-9-3-1-4-10-18)31-27-28-24-21-14-8-7-11-19(21)15-16-22(24)25(29(26)27)20-12-5-2-6-13-20/h1-14,17,25H,15-16H2. The monoisotopic (exact) mass is 420 g/mol. The van der Waals surface area contributed by atoms with E-state index in [4.69, 9.17) is 4.99 Å². The molecular weight excluding hydrogens is 400 g/mol. The van der Waals surface area contributed by atoms with Crippen molar-refractivity contribution in [3.63, 3.8) is 0 Å². The summed E-state index contributed by atoms with van der Waals surface area (Å²) in [6.45, 7) is 0. The van der Waals surface area contributed by atoms with Gasteiger partial charge in [-0.3, -0.25) is 9.36 Å². The number of rotatable bonds is 2. The molecular formula is C27H20N2OS. The quantitative estimate of drug-likeness (QED) is 0.476. The molecule has 2 heterocycles. The fraction of sp³-hybridized carbons (Fsp3) is 0.111. The predicted octanol–water partition coefficient (Wildman–Crippen LogP) is 4.32. The Labute approximate surface area is 184 Å². The van der Waals surface area contributed by atoms with Gasteiger partial charge < -0.3 is 0 Å². The fourth-order valence-corrected chi connectivity index (χ4v) is 5.66. The van der Waals surface area contributed by atoms with Crippen molar-refractivity contribution in [1.82, 2.24) is 4.57 Å². The van der Waals surface area contributed by atoms with E-state index in [2.05, 4.69) is 36.4 Å². The molecule has 6 rings (SSSR count). The van der Waals surface area contributed by atoms with Crippen LogP contribution in [-0.4, -0.2) is 4.57 Å². The Bertz CT molecular complexity index is 1490. The fourth-order valence-electron chi connectivity index (χ4n) is 4.66. The predicted molar refractivity (Wildman–Crippen MR) is 126 cm³/mol. The Kier molecular flexibility index (Phi) is 4.32. The summed E-state index contributed by atoms with van der Waals surface area (Å²) in [4.78, 5) is 19.4. The number of benzene rings is 3. The Balaban J connectivity index is 1.65. The van der Waals surface area contributed by atoms with E-state index in [9.17, 15) is 4.79 Å². The zero-order valence-electron chi connectivity index (χ0n) is 16.9. The molecule has 0 radical (unpaired) electrons. The number of nitrogens with zero attached hydrogens (tertiary/aromatic N) is 2. The van der Waals surface area contributed by atoms with Crippen LogP contribution in [0.3, 0.4) is 0 Å². The first-order chi connectivity index (χ1) is 15.3. The molecule has 31 heavy (non-hydrogen) atoms. The average Bonchev–Trinajstić information content (AvgIpc) is 3.13. The second-order valence-corrected chi connectivity index (χ2v) is 8.94. The highest BCUT2D eigenvalue weighted by Crippen LogP contribution is 2.41. The lowest BCUT2D eigenvalue weighted by molar-refractivity contribution is 0.585. The van der Waals surface area contributed by atoms with E-state index in [1.807, 2.05) is 59.2 Å². The van der Waals surface area contributed by atoms with E-state index in [0.717, 1.165) is 39.0 Å². The molecule has 1 aromatic heterocycles. The summed E-state index contributed by atoms with van der Waals surface area (Å²) in [6, 6.07) is 28.8. The van der Waals surface area contributed by atoms with Gasteiger partial charge in [-0.25, -0.2) is 4.99 Å². The molecule has 0 bridgehead atoms. The highest BCUT2D eigenvalue weighted by molar-refractivity contribution is 7.07. The van der Waals surface area contributed by atoms with E-state index in [0.29, 0.717) is 0 Å². The molecule has 0 saturated carbocycles. The van der Waals surface area contributed by atoms with Crippen LogP contribution in [0.15, 0.2) is 100 Å². The third-order valence-electron chi connectivity index (χ3n) is 6.09. The summed E-state index contributed by atoms with van der Waals surface area (Å²) >= 11 is 1.48. The van der Waals surface area contributed by atoms with Crippen LogP contribution in [0.5, 0.6) is 0 Å². The second kappa shape index (κ2) is 7.33. The molecule has 150 valence electrons. The Morgan fingerprint density at radius 3 is 2.39 bits per heavy atom. The number of aromatic nitrogens is 1. The summed E-state index contributed by atoms with van der Waals surface area (Å²) in [5, 5.41) is 0. The minimum absolute atomic E-state index is 0.0341. The van der Waals surface area contributed by atoms with Gasteiger partial charge in [0, 0.05) is 5.56 Å². The van der Waals surface area contributed by atoms with Gasteiger partial charge in [0.25, 0.3) is 5.56 Å². The molecule has 0 fully saturated rings. The number of hydrogen-bond acceptors (Lipinski definition) is 3. The highest BCUT2D eigenvalue weighted by atomic mass is 32.1. The van der Waals surface area contributed by atoms with E-state index in [1.165, 1.54) is 28.0 Å². The molecule has 3 nitrogen and oxygen atoms in total. The number of allylic oxidation sites excluding steroid dienone is 1. The van der Waals surface area contributed by atoms with Crippen LogP contribution in [0.2, 0.25) is 0 Å². The van der Waals surface area contributed by atoms with Gasteiger partial charge in [-0.05, 0) is 41.2 Å².